The first-order chi connectivity index (χ1) is 15.0. The Morgan fingerprint density at radius 2 is 1.81 bits per heavy atom. The number of carbonyl (C=O) groups is 1. The number of aryl methyl sites for hydroxylation is 1. The van der Waals surface area contributed by atoms with Gasteiger partial charge in [-0.3, -0.25) is 14.9 Å². The first-order valence-electron chi connectivity index (χ1n) is 10.1. The zero-order valence-electron chi connectivity index (χ0n) is 17.3. The van der Waals surface area contributed by atoms with E-state index >= 15 is 0 Å². The molecular formula is C24H22N2O5. The van der Waals surface area contributed by atoms with Crippen molar-refractivity contribution in [2.45, 2.75) is 26.7 Å². The molecule has 0 aromatic heterocycles. The molecule has 0 bridgehead atoms. The summed E-state index contributed by atoms with van der Waals surface area (Å²) >= 11 is 0. The lowest BCUT2D eigenvalue weighted by atomic mass is 10.1. The summed E-state index contributed by atoms with van der Waals surface area (Å²) in [6, 6.07) is 17.0. The van der Waals surface area contributed by atoms with Crippen molar-refractivity contribution in [3.05, 3.63) is 81.9 Å². The monoisotopic (exact) mass is 418 g/mol. The first kappa shape index (κ1) is 20.4. The van der Waals surface area contributed by atoms with E-state index in [-0.39, 0.29) is 28.7 Å². The van der Waals surface area contributed by atoms with Crippen molar-refractivity contribution in [2.24, 2.45) is 0 Å². The summed E-state index contributed by atoms with van der Waals surface area (Å²) in [6.07, 6.45) is 1.71. The number of rotatable bonds is 6. The summed E-state index contributed by atoms with van der Waals surface area (Å²) in [6.45, 7) is 4.49. The second-order valence-electron chi connectivity index (χ2n) is 7.37. The Hall–Kier alpha value is -3.87. The molecule has 1 heterocycles. The van der Waals surface area contributed by atoms with Crippen LogP contribution in [0.1, 0.15) is 35.7 Å². The Bertz CT molecular complexity index is 1140. The third kappa shape index (κ3) is 4.07. The summed E-state index contributed by atoms with van der Waals surface area (Å²) in [4.78, 5) is 26.3. The van der Waals surface area contributed by atoms with Crippen LogP contribution in [0.5, 0.6) is 23.0 Å². The van der Waals surface area contributed by atoms with Crippen LogP contribution in [0.25, 0.3) is 0 Å². The Morgan fingerprint density at radius 1 is 1.06 bits per heavy atom. The van der Waals surface area contributed by atoms with Gasteiger partial charge in [0.25, 0.3) is 11.6 Å². The van der Waals surface area contributed by atoms with Gasteiger partial charge in [0.2, 0.25) is 0 Å². The van der Waals surface area contributed by atoms with Crippen LogP contribution in [0.4, 0.5) is 11.4 Å². The minimum absolute atomic E-state index is 0.0901. The minimum Gasteiger partial charge on any atom is -0.456 e. The Morgan fingerprint density at radius 3 is 2.52 bits per heavy atom. The molecule has 0 aliphatic carbocycles. The van der Waals surface area contributed by atoms with E-state index in [9.17, 15) is 14.9 Å². The van der Waals surface area contributed by atoms with E-state index in [1.165, 1.54) is 12.1 Å². The number of anilines is 1. The number of hydrogen-bond acceptors (Lipinski definition) is 5. The van der Waals surface area contributed by atoms with E-state index in [1.54, 1.807) is 29.2 Å². The number of ether oxygens (including phenoxy) is 2. The quantitative estimate of drug-likeness (QED) is 0.349. The van der Waals surface area contributed by atoms with E-state index < -0.39 is 4.92 Å². The normalized spacial score (nSPS) is 12.5. The van der Waals surface area contributed by atoms with Crippen LogP contribution >= 0.6 is 0 Å². The standard InChI is InChI=1S/C24H22N2O5/c1-3-4-13-25-19-7-5-6-8-20(19)31-22-15-17(26(28)29)14-21(23(22)24(25)27)30-18-11-9-16(2)10-12-18/h5-12,14-15H,3-4,13H2,1-2H3. The molecule has 7 heteroatoms. The third-order valence-corrected chi connectivity index (χ3v) is 5.08. The molecule has 1 amide bonds. The fourth-order valence-corrected chi connectivity index (χ4v) is 3.45. The van der Waals surface area contributed by atoms with Crippen LogP contribution in [0.2, 0.25) is 0 Å². The number of benzene rings is 3. The molecule has 1 aliphatic rings. The summed E-state index contributed by atoms with van der Waals surface area (Å²) < 4.78 is 12.0. The molecule has 0 radical (unpaired) electrons. The summed E-state index contributed by atoms with van der Waals surface area (Å²) in [5.41, 5.74) is 1.62. The molecule has 0 fully saturated rings. The van der Waals surface area contributed by atoms with Gasteiger partial charge >= 0.3 is 0 Å². The maximum atomic E-state index is 13.6. The van der Waals surface area contributed by atoms with Gasteiger partial charge in [0, 0.05) is 6.54 Å². The van der Waals surface area contributed by atoms with Crippen LogP contribution < -0.4 is 14.4 Å². The smallest absolute Gasteiger partial charge is 0.276 e. The van der Waals surface area contributed by atoms with Crippen molar-refractivity contribution in [3.63, 3.8) is 0 Å². The largest absolute Gasteiger partial charge is 0.456 e. The predicted octanol–water partition coefficient (Wildman–Crippen LogP) is 6.25. The summed E-state index contributed by atoms with van der Waals surface area (Å²) in [5.74, 6) is 0.820. The SMILES string of the molecule is CCCCN1C(=O)c2c(Oc3ccc(C)cc3)cc([N+](=O)[O-])cc2Oc2ccccc21. The second-order valence-corrected chi connectivity index (χ2v) is 7.37. The number of amides is 1. The highest BCUT2D eigenvalue weighted by atomic mass is 16.6. The second kappa shape index (κ2) is 8.47. The Kier molecular flexibility index (Phi) is 5.58. The van der Waals surface area contributed by atoms with E-state index in [0.717, 1.165) is 18.4 Å². The lowest BCUT2D eigenvalue weighted by Gasteiger charge is -2.22. The lowest BCUT2D eigenvalue weighted by molar-refractivity contribution is -0.385. The van der Waals surface area contributed by atoms with Crippen molar-refractivity contribution >= 4 is 17.3 Å². The molecule has 0 atom stereocenters. The fraction of sp³-hybridized carbons (Fsp3) is 0.208. The van der Waals surface area contributed by atoms with Gasteiger partial charge in [-0.1, -0.05) is 43.2 Å². The van der Waals surface area contributed by atoms with E-state index in [1.807, 2.05) is 38.1 Å². The molecule has 0 spiro atoms. The highest BCUT2D eigenvalue weighted by molar-refractivity contribution is 6.11. The van der Waals surface area contributed by atoms with Crippen LogP contribution in [0.3, 0.4) is 0 Å². The van der Waals surface area contributed by atoms with Crippen molar-refractivity contribution in [1.82, 2.24) is 0 Å². The van der Waals surface area contributed by atoms with E-state index in [2.05, 4.69) is 0 Å². The molecule has 158 valence electrons. The van der Waals surface area contributed by atoms with Gasteiger partial charge < -0.3 is 14.4 Å². The zero-order chi connectivity index (χ0) is 22.0. The number of nitro benzene ring substituents is 1. The molecule has 0 saturated carbocycles. The Labute approximate surface area is 180 Å². The first-order valence-corrected chi connectivity index (χ1v) is 10.1. The maximum absolute atomic E-state index is 13.6. The molecule has 0 saturated heterocycles. The minimum atomic E-state index is -0.526. The lowest BCUT2D eigenvalue weighted by Crippen LogP contribution is -2.31. The number of non-ortho nitro benzene ring substituents is 1. The van der Waals surface area contributed by atoms with Crippen LogP contribution in [-0.4, -0.2) is 17.4 Å². The average molecular weight is 418 g/mol. The van der Waals surface area contributed by atoms with Crippen LogP contribution in [-0.2, 0) is 0 Å². The topological polar surface area (TPSA) is 81.9 Å². The van der Waals surface area contributed by atoms with Gasteiger partial charge in [0.15, 0.2) is 17.2 Å². The van der Waals surface area contributed by atoms with Gasteiger partial charge in [0.05, 0.1) is 22.7 Å². The predicted molar refractivity (Wildman–Crippen MR) is 117 cm³/mol. The maximum Gasteiger partial charge on any atom is 0.276 e. The highest BCUT2D eigenvalue weighted by Gasteiger charge is 2.33. The number of nitro groups is 1. The molecular weight excluding hydrogens is 396 g/mol. The number of hydrogen-bond donors (Lipinski definition) is 0. The van der Waals surface area contributed by atoms with Crippen molar-refractivity contribution in [1.29, 1.82) is 0 Å². The molecule has 3 aromatic rings. The molecule has 7 nitrogen and oxygen atoms in total. The number of unbranched alkanes of at least 4 members (excludes halogenated alkanes) is 1. The van der Waals surface area contributed by atoms with Gasteiger partial charge in [-0.05, 0) is 37.6 Å². The number of nitrogens with zero attached hydrogens (tertiary/aromatic N) is 2. The van der Waals surface area contributed by atoms with Crippen molar-refractivity contribution in [3.8, 4) is 23.0 Å². The number of carbonyl (C=O) groups excluding carboxylic acids is 1. The molecule has 0 N–H and O–H groups in total. The fourth-order valence-electron chi connectivity index (χ4n) is 3.45. The Balaban J connectivity index is 1.88. The van der Waals surface area contributed by atoms with Gasteiger partial charge in [0.1, 0.15) is 11.3 Å². The van der Waals surface area contributed by atoms with E-state index in [4.69, 9.17) is 9.47 Å². The zero-order valence-corrected chi connectivity index (χ0v) is 17.3. The molecule has 1 aliphatic heterocycles. The van der Waals surface area contributed by atoms with Gasteiger partial charge in [-0.25, -0.2) is 0 Å². The average Bonchev–Trinajstić information content (AvgIpc) is 2.87. The molecule has 31 heavy (non-hydrogen) atoms. The molecule has 3 aromatic carbocycles. The molecule has 0 unspecified atom stereocenters. The number of para-hydroxylation sites is 2. The van der Waals surface area contributed by atoms with Crippen molar-refractivity contribution in [2.75, 3.05) is 11.4 Å². The number of fused-ring (bicyclic) bond motifs is 2. The van der Waals surface area contributed by atoms with E-state index in [0.29, 0.717) is 23.7 Å². The summed E-state index contributed by atoms with van der Waals surface area (Å²) in [5, 5.41) is 11.6. The van der Waals surface area contributed by atoms with Gasteiger partial charge in [-0.15, -0.1) is 0 Å². The van der Waals surface area contributed by atoms with Gasteiger partial charge in [-0.2, -0.15) is 0 Å². The third-order valence-electron chi connectivity index (χ3n) is 5.08. The highest BCUT2D eigenvalue weighted by Crippen LogP contribution is 2.45. The molecule has 4 rings (SSSR count). The van der Waals surface area contributed by atoms with Crippen molar-refractivity contribution < 1.29 is 19.2 Å². The van der Waals surface area contributed by atoms with Crippen LogP contribution in [0, 0.1) is 17.0 Å². The van der Waals surface area contributed by atoms with Crippen LogP contribution in [0.15, 0.2) is 60.7 Å². The summed E-state index contributed by atoms with van der Waals surface area (Å²) in [7, 11) is 0.